The van der Waals surface area contributed by atoms with Crippen LogP contribution < -0.4 is 5.32 Å². The fourth-order valence-electron chi connectivity index (χ4n) is 2.75. The molecule has 0 atom stereocenters. The summed E-state index contributed by atoms with van der Waals surface area (Å²) in [7, 11) is 0. The number of imidazole rings is 1. The maximum Gasteiger partial charge on any atom is 0.335 e. The Bertz CT molecular complexity index is 1040. The summed E-state index contributed by atoms with van der Waals surface area (Å²) in [6.07, 6.45) is 1.95. The van der Waals surface area contributed by atoms with Crippen LogP contribution in [0.3, 0.4) is 0 Å². The number of pyridine rings is 1. The van der Waals surface area contributed by atoms with E-state index < -0.39 is 5.97 Å². The third-order valence-corrected chi connectivity index (χ3v) is 3.97. The molecule has 5 nitrogen and oxygen atoms in total. The van der Waals surface area contributed by atoms with E-state index in [0.717, 1.165) is 28.4 Å². The van der Waals surface area contributed by atoms with Gasteiger partial charge in [-0.25, -0.2) is 9.78 Å². The molecule has 0 spiro atoms. The summed E-state index contributed by atoms with van der Waals surface area (Å²) in [6.45, 7) is 0. The maximum absolute atomic E-state index is 11.1. The number of fused-ring (bicyclic) bond motifs is 1. The number of carboxylic acid groups (broad SMARTS) is 1. The van der Waals surface area contributed by atoms with Crippen LogP contribution in [0.2, 0.25) is 0 Å². The Morgan fingerprint density at radius 2 is 1.64 bits per heavy atom. The first kappa shape index (κ1) is 15.0. The van der Waals surface area contributed by atoms with Crippen molar-refractivity contribution in [3.8, 4) is 11.3 Å². The zero-order valence-corrected chi connectivity index (χ0v) is 13.3. The molecule has 25 heavy (non-hydrogen) atoms. The average molecular weight is 329 g/mol. The zero-order valence-electron chi connectivity index (χ0n) is 13.3. The lowest BCUT2D eigenvalue weighted by Gasteiger charge is -2.09. The largest absolute Gasteiger partial charge is 0.478 e. The summed E-state index contributed by atoms with van der Waals surface area (Å²) in [5, 5.41) is 12.5. The van der Waals surface area contributed by atoms with Gasteiger partial charge in [-0.3, -0.25) is 4.40 Å². The van der Waals surface area contributed by atoms with Crippen molar-refractivity contribution < 1.29 is 9.90 Å². The van der Waals surface area contributed by atoms with Crippen molar-refractivity contribution in [1.29, 1.82) is 0 Å². The van der Waals surface area contributed by atoms with Crippen molar-refractivity contribution in [1.82, 2.24) is 9.38 Å². The Balaban J connectivity index is 1.85. The molecule has 0 amide bonds. The van der Waals surface area contributed by atoms with Crippen LogP contribution in [-0.4, -0.2) is 20.5 Å². The second kappa shape index (κ2) is 6.13. The van der Waals surface area contributed by atoms with E-state index in [1.165, 1.54) is 0 Å². The molecule has 0 aliphatic carbocycles. The van der Waals surface area contributed by atoms with E-state index in [2.05, 4.69) is 5.32 Å². The van der Waals surface area contributed by atoms with Crippen molar-refractivity contribution in [3.63, 3.8) is 0 Å². The van der Waals surface area contributed by atoms with Crippen molar-refractivity contribution >= 4 is 23.1 Å². The number of nitrogens with zero attached hydrogens (tertiary/aromatic N) is 2. The normalized spacial score (nSPS) is 10.7. The number of anilines is 2. The first-order valence-corrected chi connectivity index (χ1v) is 7.85. The Kier molecular flexibility index (Phi) is 3.67. The number of hydrogen-bond donors (Lipinski definition) is 2. The molecule has 122 valence electrons. The van der Waals surface area contributed by atoms with Gasteiger partial charge >= 0.3 is 5.97 Å². The van der Waals surface area contributed by atoms with Crippen LogP contribution in [0.15, 0.2) is 79.0 Å². The molecular formula is C20H15N3O2. The average Bonchev–Trinajstić information content (AvgIpc) is 3.01. The van der Waals surface area contributed by atoms with Crippen molar-refractivity contribution in [2.24, 2.45) is 0 Å². The third-order valence-electron chi connectivity index (χ3n) is 3.97. The molecule has 0 aliphatic rings. The summed E-state index contributed by atoms with van der Waals surface area (Å²) >= 11 is 0. The van der Waals surface area contributed by atoms with Gasteiger partial charge in [0.15, 0.2) is 0 Å². The monoisotopic (exact) mass is 329 g/mol. The first-order chi connectivity index (χ1) is 12.2. The summed E-state index contributed by atoms with van der Waals surface area (Å²) in [4.78, 5) is 15.8. The SMILES string of the molecule is O=C(O)c1ccc(-c2nc3ccccn3c2Nc2ccccc2)cc1. The van der Waals surface area contributed by atoms with Crippen molar-refractivity contribution in [3.05, 3.63) is 84.6 Å². The van der Waals surface area contributed by atoms with Gasteiger partial charge in [-0.2, -0.15) is 0 Å². The van der Waals surface area contributed by atoms with Gasteiger partial charge in [0, 0.05) is 17.4 Å². The van der Waals surface area contributed by atoms with E-state index in [9.17, 15) is 4.79 Å². The van der Waals surface area contributed by atoms with Gasteiger partial charge in [0.25, 0.3) is 0 Å². The molecule has 0 aliphatic heterocycles. The predicted octanol–water partition coefficient (Wildman–Crippen LogP) is 4.44. The van der Waals surface area contributed by atoms with E-state index in [0.29, 0.717) is 0 Å². The molecule has 0 saturated carbocycles. The minimum atomic E-state index is -0.941. The number of hydrogen-bond acceptors (Lipinski definition) is 3. The van der Waals surface area contributed by atoms with Crippen LogP contribution in [-0.2, 0) is 0 Å². The van der Waals surface area contributed by atoms with Gasteiger partial charge in [-0.15, -0.1) is 0 Å². The molecule has 4 rings (SSSR count). The number of para-hydroxylation sites is 1. The molecule has 5 heteroatoms. The van der Waals surface area contributed by atoms with Crippen LogP contribution in [0.25, 0.3) is 16.9 Å². The van der Waals surface area contributed by atoms with E-state index in [-0.39, 0.29) is 5.56 Å². The smallest absolute Gasteiger partial charge is 0.335 e. The fourth-order valence-corrected chi connectivity index (χ4v) is 2.75. The molecule has 0 unspecified atom stereocenters. The van der Waals surface area contributed by atoms with E-state index >= 15 is 0 Å². The number of carbonyl (C=O) groups is 1. The third kappa shape index (κ3) is 2.83. The highest BCUT2D eigenvalue weighted by Crippen LogP contribution is 2.31. The van der Waals surface area contributed by atoms with Gasteiger partial charge in [0.2, 0.25) is 0 Å². The zero-order chi connectivity index (χ0) is 17.2. The fraction of sp³-hybridized carbons (Fsp3) is 0. The van der Waals surface area contributed by atoms with E-state index in [4.69, 9.17) is 10.1 Å². The van der Waals surface area contributed by atoms with Crippen LogP contribution in [0, 0.1) is 0 Å². The first-order valence-electron chi connectivity index (χ1n) is 7.85. The number of aromatic carboxylic acids is 1. The lowest BCUT2D eigenvalue weighted by Crippen LogP contribution is -1.97. The molecule has 2 heterocycles. The maximum atomic E-state index is 11.1. The van der Waals surface area contributed by atoms with Crippen LogP contribution >= 0.6 is 0 Å². The summed E-state index contributed by atoms with van der Waals surface area (Å²) in [5.74, 6) is -0.103. The summed E-state index contributed by atoms with van der Waals surface area (Å²) in [5.41, 5.74) is 3.65. The number of rotatable bonds is 4. The van der Waals surface area contributed by atoms with Gasteiger partial charge in [-0.1, -0.05) is 36.4 Å². The molecule has 0 radical (unpaired) electrons. The Hall–Kier alpha value is -3.60. The van der Waals surface area contributed by atoms with Gasteiger partial charge in [0.1, 0.15) is 17.2 Å². The van der Waals surface area contributed by atoms with Crippen molar-refractivity contribution in [2.45, 2.75) is 0 Å². The topological polar surface area (TPSA) is 66.6 Å². The van der Waals surface area contributed by atoms with Gasteiger partial charge in [-0.05, 0) is 36.4 Å². The number of aromatic nitrogens is 2. The molecule has 0 saturated heterocycles. The van der Waals surface area contributed by atoms with E-state index in [1.807, 2.05) is 59.1 Å². The minimum Gasteiger partial charge on any atom is -0.478 e. The van der Waals surface area contributed by atoms with Crippen molar-refractivity contribution in [2.75, 3.05) is 5.32 Å². The Labute approximate surface area is 144 Å². The standard InChI is InChI=1S/C20H15N3O2/c24-20(25)15-11-9-14(10-12-15)18-19(21-16-6-2-1-3-7-16)23-13-5-4-8-17(23)22-18/h1-13,21H,(H,24,25). The molecule has 2 aromatic heterocycles. The molecule has 2 N–H and O–H groups in total. The second-order valence-corrected chi connectivity index (χ2v) is 5.61. The lowest BCUT2D eigenvalue weighted by atomic mass is 10.1. The number of nitrogens with one attached hydrogen (secondary N) is 1. The van der Waals surface area contributed by atoms with Gasteiger partial charge in [0.05, 0.1) is 5.56 Å². The molecular weight excluding hydrogens is 314 g/mol. The molecule has 0 bridgehead atoms. The molecule has 2 aromatic carbocycles. The minimum absolute atomic E-state index is 0.255. The van der Waals surface area contributed by atoms with Crippen LogP contribution in [0.1, 0.15) is 10.4 Å². The Morgan fingerprint density at radius 1 is 0.920 bits per heavy atom. The number of carboxylic acids is 1. The molecule has 4 aromatic rings. The quantitative estimate of drug-likeness (QED) is 0.581. The lowest BCUT2D eigenvalue weighted by molar-refractivity contribution is 0.0697. The summed E-state index contributed by atoms with van der Waals surface area (Å²) < 4.78 is 1.98. The number of benzene rings is 2. The second-order valence-electron chi connectivity index (χ2n) is 5.61. The predicted molar refractivity (Wildman–Crippen MR) is 97.3 cm³/mol. The highest BCUT2D eigenvalue weighted by molar-refractivity contribution is 5.89. The highest BCUT2D eigenvalue weighted by atomic mass is 16.4. The van der Waals surface area contributed by atoms with Gasteiger partial charge < -0.3 is 10.4 Å². The van der Waals surface area contributed by atoms with E-state index in [1.54, 1.807) is 24.3 Å². The Morgan fingerprint density at radius 3 is 2.36 bits per heavy atom. The highest BCUT2D eigenvalue weighted by Gasteiger charge is 2.14. The summed E-state index contributed by atoms with van der Waals surface area (Å²) in [6, 6.07) is 22.4. The van der Waals surface area contributed by atoms with Crippen LogP contribution in [0.5, 0.6) is 0 Å². The molecule has 0 fully saturated rings. The van der Waals surface area contributed by atoms with Crippen LogP contribution in [0.4, 0.5) is 11.5 Å².